The van der Waals surface area contributed by atoms with E-state index in [0.29, 0.717) is 6.61 Å². The van der Waals surface area contributed by atoms with Crippen LogP contribution in [0.1, 0.15) is 19.8 Å². The maximum Gasteiger partial charge on any atom is 0.409 e. The lowest BCUT2D eigenvalue weighted by molar-refractivity contribution is 0.0789. The minimum atomic E-state index is -0.185. The average molecular weight is 349 g/mol. The molecule has 1 aromatic rings. The van der Waals surface area contributed by atoms with Gasteiger partial charge in [0, 0.05) is 52.0 Å². The van der Waals surface area contributed by atoms with Gasteiger partial charge >= 0.3 is 6.09 Å². The Hall–Kier alpha value is -1.95. The van der Waals surface area contributed by atoms with Crippen molar-refractivity contribution in [1.29, 1.82) is 0 Å². The SMILES string of the molecule is CCOC(=O)N1CCN(CCCCOc2cccc(N(C)C)c2)CC1. The van der Waals surface area contributed by atoms with Crippen molar-refractivity contribution in [2.24, 2.45) is 0 Å². The van der Waals surface area contributed by atoms with Gasteiger partial charge in [-0.25, -0.2) is 4.79 Å². The maximum atomic E-state index is 11.7. The number of unbranched alkanes of at least 4 members (excludes halogenated alkanes) is 1. The van der Waals surface area contributed by atoms with Gasteiger partial charge in [0.1, 0.15) is 5.75 Å². The molecule has 0 radical (unpaired) electrons. The fourth-order valence-electron chi connectivity index (χ4n) is 2.85. The van der Waals surface area contributed by atoms with E-state index in [0.717, 1.165) is 63.6 Å². The Labute approximate surface area is 151 Å². The van der Waals surface area contributed by atoms with E-state index in [1.165, 1.54) is 0 Å². The van der Waals surface area contributed by atoms with Crippen molar-refractivity contribution in [1.82, 2.24) is 9.80 Å². The molecule has 1 heterocycles. The summed E-state index contributed by atoms with van der Waals surface area (Å²) < 4.78 is 10.9. The zero-order chi connectivity index (χ0) is 18.1. The normalized spacial score (nSPS) is 15.1. The van der Waals surface area contributed by atoms with E-state index in [1.54, 1.807) is 4.90 Å². The molecule has 25 heavy (non-hydrogen) atoms. The van der Waals surface area contributed by atoms with Crippen molar-refractivity contribution < 1.29 is 14.3 Å². The Balaban J connectivity index is 1.58. The Morgan fingerprint density at radius 1 is 1.16 bits per heavy atom. The molecule has 0 unspecified atom stereocenters. The van der Waals surface area contributed by atoms with Gasteiger partial charge in [0.2, 0.25) is 0 Å². The van der Waals surface area contributed by atoms with E-state index in [4.69, 9.17) is 9.47 Å². The third-order valence-electron chi connectivity index (χ3n) is 4.37. The highest BCUT2D eigenvalue weighted by atomic mass is 16.6. The van der Waals surface area contributed by atoms with Gasteiger partial charge in [0.25, 0.3) is 0 Å². The summed E-state index contributed by atoms with van der Waals surface area (Å²) in [5.74, 6) is 0.925. The highest BCUT2D eigenvalue weighted by molar-refractivity contribution is 5.67. The molecule has 1 saturated heterocycles. The van der Waals surface area contributed by atoms with Crippen molar-refractivity contribution in [3.05, 3.63) is 24.3 Å². The number of rotatable bonds is 8. The molecule has 1 aliphatic heterocycles. The van der Waals surface area contributed by atoms with E-state index < -0.39 is 0 Å². The number of ether oxygens (including phenoxy) is 2. The second-order valence-corrected chi connectivity index (χ2v) is 6.47. The number of carbonyl (C=O) groups excluding carboxylic acids is 1. The number of hydrogen-bond acceptors (Lipinski definition) is 5. The van der Waals surface area contributed by atoms with Gasteiger partial charge in [-0.05, 0) is 38.4 Å². The summed E-state index contributed by atoms with van der Waals surface area (Å²) in [6.07, 6.45) is 1.95. The number of amides is 1. The van der Waals surface area contributed by atoms with Crippen LogP contribution in [-0.2, 0) is 4.74 Å². The molecule has 6 heteroatoms. The molecule has 0 saturated carbocycles. The van der Waals surface area contributed by atoms with Gasteiger partial charge in [-0.15, -0.1) is 0 Å². The molecule has 0 aliphatic carbocycles. The zero-order valence-corrected chi connectivity index (χ0v) is 15.7. The molecular weight excluding hydrogens is 318 g/mol. The molecule has 140 valence electrons. The molecule has 2 rings (SSSR count). The fraction of sp³-hybridized carbons (Fsp3) is 0.632. The first kappa shape index (κ1) is 19.4. The van der Waals surface area contributed by atoms with Crippen LogP contribution in [0.4, 0.5) is 10.5 Å². The van der Waals surface area contributed by atoms with Crippen molar-refractivity contribution in [3.8, 4) is 5.75 Å². The van der Waals surface area contributed by atoms with Crippen LogP contribution in [0.3, 0.4) is 0 Å². The third kappa shape index (κ3) is 6.46. The largest absolute Gasteiger partial charge is 0.494 e. The van der Waals surface area contributed by atoms with Crippen molar-refractivity contribution in [3.63, 3.8) is 0 Å². The number of benzene rings is 1. The zero-order valence-electron chi connectivity index (χ0n) is 15.7. The maximum absolute atomic E-state index is 11.7. The quantitative estimate of drug-likeness (QED) is 0.675. The fourth-order valence-corrected chi connectivity index (χ4v) is 2.85. The number of carbonyl (C=O) groups is 1. The Morgan fingerprint density at radius 3 is 2.60 bits per heavy atom. The van der Waals surface area contributed by atoms with E-state index in [9.17, 15) is 4.79 Å². The Kier molecular flexibility index (Phi) is 7.85. The number of piperazine rings is 1. The van der Waals surface area contributed by atoms with Crippen LogP contribution in [0, 0.1) is 0 Å². The van der Waals surface area contributed by atoms with Gasteiger partial charge in [-0.3, -0.25) is 4.90 Å². The topological polar surface area (TPSA) is 45.3 Å². The van der Waals surface area contributed by atoms with Crippen LogP contribution in [0.5, 0.6) is 5.75 Å². The van der Waals surface area contributed by atoms with E-state index in [-0.39, 0.29) is 6.09 Å². The Morgan fingerprint density at radius 2 is 1.92 bits per heavy atom. The summed E-state index contributed by atoms with van der Waals surface area (Å²) in [6, 6.07) is 8.16. The lowest BCUT2D eigenvalue weighted by atomic mass is 10.2. The molecule has 1 aliphatic rings. The summed E-state index contributed by atoms with van der Waals surface area (Å²) >= 11 is 0. The summed E-state index contributed by atoms with van der Waals surface area (Å²) in [5, 5.41) is 0. The predicted octanol–water partition coefficient (Wildman–Crippen LogP) is 2.69. The van der Waals surface area contributed by atoms with Crippen LogP contribution in [-0.4, -0.2) is 75.9 Å². The smallest absolute Gasteiger partial charge is 0.409 e. The average Bonchev–Trinajstić information content (AvgIpc) is 2.62. The summed E-state index contributed by atoms with van der Waals surface area (Å²) in [5.41, 5.74) is 1.15. The molecule has 0 aromatic heterocycles. The van der Waals surface area contributed by atoms with Gasteiger partial charge in [-0.2, -0.15) is 0 Å². The van der Waals surface area contributed by atoms with Crippen LogP contribution in [0.15, 0.2) is 24.3 Å². The molecule has 0 N–H and O–H groups in total. The molecule has 6 nitrogen and oxygen atoms in total. The van der Waals surface area contributed by atoms with Crippen molar-refractivity contribution in [2.45, 2.75) is 19.8 Å². The van der Waals surface area contributed by atoms with E-state index in [1.807, 2.05) is 33.2 Å². The number of hydrogen-bond donors (Lipinski definition) is 0. The first-order chi connectivity index (χ1) is 12.1. The van der Waals surface area contributed by atoms with E-state index in [2.05, 4.69) is 21.9 Å². The van der Waals surface area contributed by atoms with Crippen LogP contribution < -0.4 is 9.64 Å². The summed E-state index contributed by atoms with van der Waals surface area (Å²) in [4.78, 5) is 17.9. The minimum absolute atomic E-state index is 0.185. The van der Waals surface area contributed by atoms with Gasteiger partial charge in [0.05, 0.1) is 13.2 Å². The summed E-state index contributed by atoms with van der Waals surface area (Å²) in [6.45, 7) is 7.43. The second-order valence-electron chi connectivity index (χ2n) is 6.47. The minimum Gasteiger partial charge on any atom is -0.494 e. The molecular formula is C19H31N3O3. The lowest BCUT2D eigenvalue weighted by Gasteiger charge is -2.33. The highest BCUT2D eigenvalue weighted by Gasteiger charge is 2.21. The van der Waals surface area contributed by atoms with E-state index >= 15 is 0 Å². The first-order valence-corrected chi connectivity index (χ1v) is 9.14. The molecule has 0 bridgehead atoms. The standard InChI is InChI=1S/C19H31N3O3/c1-4-24-19(23)22-13-11-21(12-14-22)10-5-6-15-25-18-9-7-8-17(16-18)20(2)3/h7-9,16H,4-6,10-15H2,1-3H3. The van der Waals surface area contributed by atoms with Crippen molar-refractivity contribution >= 4 is 11.8 Å². The molecule has 0 atom stereocenters. The third-order valence-corrected chi connectivity index (χ3v) is 4.37. The number of nitrogens with zero attached hydrogens (tertiary/aromatic N) is 3. The Bertz CT molecular complexity index is 528. The van der Waals surface area contributed by atoms with Gasteiger partial charge in [-0.1, -0.05) is 6.07 Å². The number of anilines is 1. The summed E-state index contributed by atoms with van der Waals surface area (Å²) in [7, 11) is 4.06. The molecule has 0 spiro atoms. The predicted molar refractivity (Wildman–Crippen MR) is 101 cm³/mol. The van der Waals surface area contributed by atoms with Crippen LogP contribution in [0.25, 0.3) is 0 Å². The molecule has 1 amide bonds. The molecule has 1 fully saturated rings. The second kappa shape index (κ2) is 10.1. The monoisotopic (exact) mass is 349 g/mol. The first-order valence-electron chi connectivity index (χ1n) is 9.14. The highest BCUT2D eigenvalue weighted by Crippen LogP contribution is 2.19. The van der Waals surface area contributed by atoms with Gasteiger partial charge < -0.3 is 19.3 Å². The molecule has 1 aromatic carbocycles. The lowest BCUT2D eigenvalue weighted by Crippen LogP contribution is -2.49. The van der Waals surface area contributed by atoms with Gasteiger partial charge in [0.15, 0.2) is 0 Å². The van der Waals surface area contributed by atoms with Crippen LogP contribution in [0.2, 0.25) is 0 Å². The van der Waals surface area contributed by atoms with Crippen molar-refractivity contribution in [2.75, 3.05) is 64.9 Å². The van der Waals surface area contributed by atoms with Crippen LogP contribution >= 0.6 is 0 Å².